The van der Waals surface area contributed by atoms with E-state index in [1.165, 1.54) is 0 Å². The molecule has 0 heterocycles. The average Bonchev–Trinajstić information content (AvgIpc) is 2.48. The number of hydrogen-bond donors (Lipinski definition) is 2. The monoisotopic (exact) mass is 122 g/mol. The molecule has 0 spiro atoms. The van der Waals surface area contributed by atoms with Crippen LogP contribution in [0.15, 0.2) is 24.4 Å². The molecular weight excluding hydrogens is 112 g/mol. The Kier molecular flexibility index (Phi) is 1.68. The minimum atomic E-state index is 0.459. The van der Waals surface area contributed by atoms with Crippen LogP contribution >= 0.6 is 0 Å². The third-order valence-corrected chi connectivity index (χ3v) is 1.01. The van der Waals surface area contributed by atoms with Gasteiger partial charge in [-0.2, -0.15) is 0 Å². The molecule has 0 aromatic rings. The van der Waals surface area contributed by atoms with Crippen molar-refractivity contribution in [2.45, 2.75) is 13.0 Å². The van der Waals surface area contributed by atoms with Gasteiger partial charge in [-0.25, -0.2) is 0 Å². The van der Waals surface area contributed by atoms with E-state index in [2.05, 4.69) is 17.5 Å². The van der Waals surface area contributed by atoms with Crippen molar-refractivity contribution in [3.05, 3.63) is 24.4 Å². The summed E-state index contributed by atoms with van der Waals surface area (Å²) in [6.45, 7) is 1.75. The molecule has 0 fully saturated rings. The molecule has 2 heteroatoms. The summed E-state index contributed by atoms with van der Waals surface area (Å²) in [5.41, 5.74) is 0.572. The van der Waals surface area contributed by atoms with Crippen molar-refractivity contribution in [2.75, 3.05) is 0 Å². The van der Waals surface area contributed by atoms with Crippen molar-refractivity contribution in [3.8, 4) is 0 Å². The summed E-state index contributed by atoms with van der Waals surface area (Å²) >= 11 is 0. The molecule has 0 saturated heterocycles. The summed E-state index contributed by atoms with van der Waals surface area (Å²) in [6.07, 6.45) is 7.65. The van der Waals surface area contributed by atoms with Crippen LogP contribution < -0.4 is 5.32 Å². The van der Waals surface area contributed by atoms with Gasteiger partial charge in [0.15, 0.2) is 0 Å². The van der Waals surface area contributed by atoms with Gasteiger partial charge in [-0.15, -0.1) is 0 Å². The van der Waals surface area contributed by atoms with Crippen molar-refractivity contribution in [1.29, 1.82) is 5.41 Å². The second-order valence-corrected chi connectivity index (χ2v) is 2.09. The van der Waals surface area contributed by atoms with Crippen molar-refractivity contribution in [3.63, 3.8) is 0 Å². The van der Waals surface area contributed by atoms with E-state index >= 15 is 0 Å². The molecule has 2 nitrogen and oxygen atoms in total. The molecule has 9 heavy (non-hydrogen) atoms. The molecule has 0 aromatic carbocycles. The first kappa shape index (κ1) is 6.08. The van der Waals surface area contributed by atoms with E-state index in [0.29, 0.717) is 11.8 Å². The lowest BCUT2D eigenvalue weighted by Gasteiger charge is -1.92. The Labute approximate surface area is 54.8 Å². The Morgan fingerprint density at radius 2 is 2.33 bits per heavy atom. The molecule has 0 atom stereocenters. The Morgan fingerprint density at radius 3 is 2.78 bits per heavy atom. The molecule has 2 N–H and O–H groups in total. The molecule has 0 bridgehead atoms. The molecular formula is C7H10N2. The summed E-state index contributed by atoms with van der Waals surface area (Å²) in [5.74, 6) is 0. The largest absolute Gasteiger partial charge is 0.381 e. The number of rotatable bonds is 3. The van der Waals surface area contributed by atoms with Crippen LogP contribution in [0.4, 0.5) is 0 Å². The molecule has 0 unspecified atom stereocenters. The van der Waals surface area contributed by atoms with Crippen molar-refractivity contribution in [1.82, 2.24) is 5.32 Å². The van der Waals surface area contributed by atoms with E-state index in [1.807, 2.05) is 0 Å². The third kappa shape index (κ3) is 2.69. The van der Waals surface area contributed by atoms with Crippen LogP contribution in [0, 0.1) is 5.41 Å². The zero-order valence-electron chi connectivity index (χ0n) is 5.39. The molecule has 1 aliphatic carbocycles. The minimum absolute atomic E-state index is 0.459. The quantitative estimate of drug-likeness (QED) is 0.426. The fraction of sp³-hybridized carbons (Fsp3) is 0.286. The summed E-state index contributed by atoms with van der Waals surface area (Å²) in [5, 5.41) is 10.1. The first-order valence-electron chi connectivity index (χ1n) is 2.95. The van der Waals surface area contributed by atoms with Crippen LogP contribution in [-0.4, -0.2) is 11.8 Å². The lowest BCUT2D eigenvalue weighted by atomic mass is 10.4. The molecule has 48 valence electrons. The van der Waals surface area contributed by atoms with Crippen molar-refractivity contribution < 1.29 is 0 Å². The standard InChI is InChI=1S/C7H10N2/c1-6(8)4-5-9-7-2-3-7/h2-5,7-9H,1H3/b5-4-,8-6?. The van der Waals surface area contributed by atoms with Crippen LogP contribution in [0.3, 0.4) is 0 Å². The molecule has 1 rings (SSSR count). The van der Waals surface area contributed by atoms with E-state index in [1.54, 1.807) is 19.2 Å². The van der Waals surface area contributed by atoms with Gasteiger partial charge in [0.25, 0.3) is 0 Å². The fourth-order valence-corrected chi connectivity index (χ4v) is 0.451. The molecule has 0 aromatic heterocycles. The normalized spacial score (nSPS) is 16.6. The zero-order chi connectivity index (χ0) is 6.69. The summed E-state index contributed by atoms with van der Waals surface area (Å²) in [4.78, 5) is 0. The van der Waals surface area contributed by atoms with Gasteiger partial charge >= 0.3 is 0 Å². The van der Waals surface area contributed by atoms with Crippen LogP contribution in [0.1, 0.15) is 6.92 Å². The van der Waals surface area contributed by atoms with Crippen LogP contribution in [0.2, 0.25) is 0 Å². The second-order valence-electron chi connectivity index (χ2n) is 2.09. The maximum absolute atomic E-state index is 7.01. The highest BCUT2D eigenvalue weighted by Crippen LogP contribution is 2.02. The van der Waals surface area contributed by atoms with E-state index in [0.717, 1.165) is 0 Å². The first-order valence-corrected chi connectivity index (χ1v) is 2.95. The highest BCUT2D eigenvalue weighted by molar-refractivity contribution is 5.89. The van der Waals surface area contributed by atoms with Crippen LogP contribution in [-0.2, 0) is 0 Å². The van der Waals surface area contributed by atoms with Gasteiger partial charge in [0, 0.05) is 5.71 Å². The predicted octanol–water partition coefficient (Wildman–Crippen LogP) is 1.07. The molecule has 0 radical (unpaired) electrons. The van der Waals surface area contributed by atoms with E-state index < -0.39 is 0 Å². The number of hydrogen-bond acceptors (Lipinski definition) is 2. The third-order valence-electron chi connectivity index (χ3n) is 1.01. The topological polar surface area (TPSA) is 35.9 Å². The highest BCUT2D eigenvalue weighted by atomic mass is 14.9. The lowest BCUT2D eigenvalue weighted by molar-refractivity contribution is 0.921. The Balaban J connectivity index is 2.08. The number of allylic oxidation sites excluding steroid dienone is 1. The van der Waals surface area contributed by atoms with Crippen LogP contribution in [0.25, 0.3) is 0 Å². The number of nitrogens with one attached hydrogen (secondary N) is 2. The van der Waals surface area contributed by atoms with E-state index in [4.69, 9.17) is 5.41 Å². The maximum atomic E-state index is 7.01. The second kappa shape index (κ2) is 2.49. The Bertz CT molecular complexity index is 162. The molecule has 1 aliphatic rings. The van der Waals surface area contributed by atoms with Gasteiger partial charge in [-0.1, -0.05) is 12.2 Å². The zero-order valence-corrected chi connectivity index (χ0v) is 5.39. The molecule has 0 aliphatic heterocycles. The molecule has 0 amide bonds. The minimum Gasteiger partial charge on any atom is -0.381 e. The van der Waals surface area contributed by atoms with Gasteiger partial charge in [0.1, 0.15) is 0 Å². The highest BCUT2D eigenvalue weighted by Gasteiger charge is 2.05. The Hall–Kier alpha value is -1.05. The molecule has 0 saturated carbocycles. The maximum Gasteiger partial charge on any atom is 0.0624 e. The van der Waals surface area contributed by atoms with Gasteiger partial charge in [0.05, 0.1) is 6.04 Å². The van der Waals surface area contributed by atoms with E-state index in [-0.39, 0.29) is 0 Å². The fourth-order valence-electron chi connectivity index (χ4n) is 0.451. The van der Waals surface area contributed by atoms with Gasteiger partial charge in [-0.05, 0) is 19.2 Å². The van der Waals surface area contributed by atoms with Crippen LogP contribution in [0.5, 0.6) is 0 Å². The SMILES string of the molecule is CC(=N)/C=C\NC1C=C1. The van der Waals surface area contributed by atoms with Crippen molar-refractivity contribution >= 4 is 5.71 Å². The lowest BCUT2D eigenvalue weighted by Crippen LogP contribution is -2.08. The van der Waals surface area contributed by atoms with Gasteiger partial charge in [0.2, 0.25) is 0 Å². The van der Waals surface area contributed by atoms with E-state index in [9.17, 15) is 0 Å². The van der Waals surface area contributed by atoms with Crippen molar-refractivity contribution in [2.24, 2.45) is 0 Å². The summed E-state index contributed by atoms with van der Waals surface area (Å²) < 4.78 is 0. The predicted molar refractivity (Wildman–Crippen MR) is 38.6 cm³/mol. The average molecular weight is 122 g/mol. The summed E-state index contributed by atoms with van der Waals surface area (Å²) in [6, 6.07) is 0.459. The smallest absolute Gasteiger partial charge is 0.0624 e. The Morgan fingerprint density at radius 1 is 1.67 bits per heavy atom. The summed E-state index contributed by atoms with van der Waals surface area (Å²) in [7, 11) is 0. The first-order chi connectivity index (χ1) is 4.29. The van der Waals surface area contributed by atoms with Gasteiger partial charge in [-0.3, -0.25) is 0 Å². The van der Waals surface area contributed by atoms with Gasteiger partial charge < -0.3 is 10.7 Å².